The Morgan fingerprint density at radius 1 is 1.16 bits per heavy atom. The molecule has 0 aliphatic heterocycles. The van der Waals surface area contributed by atoms with Crippen LogP contribution in [-0.2, 0) is 0 Å². The van der Waals surface area contributed by atoms with Crippen molar-refractivity contribution in [3.8, 4) is 11.5 Å². The first-order valence-corrected chi connectivity index (χ1v) is 5.83. The molecule has 0 bridgehead atoms. The van der Waals surface area contributed by atoms with Crippen molar-refractivity contribution in [3.63, 3.8) is 0 Å². The fourth-order valence-electron chi connectivity index (χ4n) is 1.76. The number of nitro groups is 1. The summed E-state index contributed by atoms with van der Waals surface area (Å²) in [6.07, 6.45) is 0. The lowest BCUT2D eigenvalue weighted by molar-refractivity contribution is -0.384. The van der Waals surface area contributed by atoms with E-state index in [1.165, 1.54) is 12.1 Å². The molecule has 0 saturated carbocycles. The van der Waals surface area contributed by atoms with Crippen LogP contribution in [0.2, 0.25) is 5.02 Å². The maximum absolute atomic E-state index is 10.6. The predicted octanol–water partition coefficient (Wildman–Crippen LogP) is 4.06. The topological polar surface area (TPSA) is 69.2 Å². The van der Waals surface area contributed by atoms with Crippen molar-refractivity contribution < 1.29 is 9.34 Å². The van der Waals surface area contributed by atoms with Crippen LogP contribution in [0.3, 0.4) is 0 Å². The molecule has 0 radical (unpaired) electrons. The van der Waals surface area contributed by atoms with E-state index in [4.69, 9.17) is 16.0 Å². The van der Waals surface area contributed by atoms with Gasteiger partial charge in [0.05, 0.1) is 9.95 Å². The highest BCUT2D eigenvalue weighted by molar-refractivity contribution is 6.34. The first-order chi connectivity index (χ1) is 9.15. The number of oxazole rings is 1. The summed E-state index contributed by atoms with van der Waals surface area (Å²) in [5, 5.41) is 11.1. The van der Waals surface area contributed by atoms with E-state index in [0.717, 1.165) is 0 Å². The van der Waals surface area contributed by atoms with Gasteiger partial charge in [0.2, 0.25) is 5.89 Å². The minimum atomic E-state index is -0.452. The standard InChI is InChI=1S/C13H7ClN2O3/c14-10-2-1-3-11-12(10)15-13(19-11)8-4-6-9(7-5-8)16(17)18/h1-7H. The fourth-order valence-corrected chi connectivity index (χ4v) is 1.97. The molecule has 6 heteroatoms. The molecular weight excluding hydrogens is 268 g/mol. The van der Waals surface area contributed by atoms with Crippen LogP contribution in [-0.4, -0.2) is 9.91 Å². The van der Waals surface area contributed by atoms with Gasteiger partial charge in [-0.05, 0) is 24.3 Å². The van der Waals surface area contributed by atoms with Crippen LogP contribution in [0.1, 0.15) is 0 Å². The number of hydrogen-bond acceptors (Lipinski definition) is 4. The average molecular weight is 275 g/mol. The van der Waals surface area contributed by atoms with Gasteiger partial charge in [0.15, 0.2) is 5.58 Å². The third kappa shape index (κ3) is 2.04. The lowest BCUT2D eigenvalue weighted by Crippen LogP contribution is -1.87. The average Bonchev–Trinajstić information content (AvgIpc) is 2.84. The molecule has 0 unspecified atom stereocenters. The largest absolute Gasteiger partial charge is 0.436 e. The molecule has 94 valence electrons. The molecule has 2 aromatic carbocycles. The summed E-state index contributed by atoms with van der Waals surface area (Å²) in [7, 11) is 0. The van der Waals surface area contributed by atoms with Gasteiger partial charge < -0.3 is 4.42 Å². The summed E-state index contributed by atoms with van der Waals surface area (Å²) in [4.78, 5) is 14.4. The number of rotatable bonds is 2. The number of nitrogens with zero attached hydrogens (tertiary/aromatic N) is 2. The van der Waals surface area contributed by atoms with Crippen molar-refractivity contribution in [2.45, 2.75) is 0 Å². The number of benzene rings is 2. The van der Waals surface area contributed by atoms with Crippen LogP contribution in [0.4, 0.5) is 5.69 Å². The van der Waals surface area contributed by atoms with E-state index in [1.807, 2.05) is 0 Å². The monoisotopic (exact) mass is 274 g/mol. The summed E-state index contributed by atoms with van der Waals surface area (Å²) in [6.45, 7) is 0. The van der Waals surface area contributed by atoms with E-state index in [1.54, 1.807) is 30.3 Å². The van der Waals surface area contributed by atoms with Crippen molar-refractivity contribution in [1.82, 2.24) is 4.98 Å². The highest BCUT2D eigenvalue weighted by atomic mass is 35.5. The highest BCUT2D eigenvalue weighted by Gasteiger charge is 2.12. The number of para-hydroxylation sites is 1. The van der Waals surface area contributed by atoms with Crippen molar-refractivity contribution in [1.29, 1.82) is 0 Å². The Hall–Kier alpha value is -2.40. The number of non-ortho nitro benzene ring substituents is 1. The van der Waals surface area contributed by atoms with Gasteiger partial charge in [0.25, 0.3) is 5.69 Å². The van der Waals surface area contributed by atoms with Gasteiger partial charge in [0, 0.05) is 17.7 Å². The molecule has 3 aromatic rings. The van der Waals surface area contributed by atoms with Crippen LogP contribution >= 0.6 is 11.6 Å². The first kappa shape index (κ1) is 11.7. The summed E-state index contributed by atoms with van der Waals surface area (Å²) >= 11 is 6.01. The molecule has 1 aromatic heterocycles. The first-order valence-electron chi connectivity index (χ1n) is 5.45. The van der Waals surface area contributed by atoms with Gasteiger partial charge in [0.1, 0.15) is 5.52 Å². The van der Waals surface area contributed by atoms with E-state index in [2.05, 4.69) is 4.98 Å². The second kappa shape index (κ2) is 4.37. The Bertz CT molecular complexity index is 765. The summed E-state index contributed by atoms with van der Waals surface area (Å²) in [5.74, 6) is 0.387. The quantitative estimate of drug-likeness (QED) is 0.522. The van der Waals surface area contributed by atoms with E-state index in [0.29, 0.717) is 27.6 Å². The molecule has 0 amide bonds. The molecule has 0 fully saturated rings. The Morgan fingerprint density at radius 3 is 2.53 bits per heavy atom. The van der Waals surface area contributed by atoms with Gasteiger partial charge in [-0.3, -0.25) is 10.1 Å². The van der Waals surface area contributed by atoms with Crippen molar-refractivity contribution >= 4 is 28.4 Å². The third-order valence-corrected chi connectivity index (χ3v) is 3.00. The van der Waals surface area contributed by atoms with Gasteiger partial charge in [-0.25, -0.2) is 4.98 Å². The number of hydrogen-bond donors (Lipinski definition) is 0. The van der Waals surface area contributed by atoms with Gasteiger partial charge in [-0.2, -0.15) is 0 Å². The molecule has 5 nitrogen and oxygen atoms in total. The van der Waals surface area contributed by atoms with Crippen LogP contribution in [0.15, 0.2) is 46.9 Å². The minimum absolute atomic E-state index is 0.0258. The number of halogens is 1. The second-order valence-corrected chi connectivity index (χ2v) is 4.32. The van der Waals surface area contributed by atoms with E-state index >= 15 is 0 Å². The molecule has 0 spiro atoms. The molecular formula is C13H7ClN2O3. The molecule has 0 aliphatic rings. The SMILES string of the molecule is O=[N+]([O-])c1ccc(-c2nc3c(Cl)cccc3o2)cc1. The fraction of sp³-hybridized carbons (Fsp3) is 0. The summed E-state index contributed by atoms with van der Waals surface area (Å²) in [6, 6.07) is 11.3. The van der Waals surface area contributed by atoms with Crippen LogP contribution < -0.4 is 0 Å². The predicted molar refractivity (Wildman–Crippen MR) is 71.1 cm³/mol. The van der Waals surface area contributed by atoms with Crippen LogP contribution in [0, 0.1) is 10.1 Å². The second-order valence-electron chi connectivity index (χ2n) is 3.91. The molecule has 0 aliphatic carbocycles. The summed E-state index contributed by atoms with van der Waals surface area (Å²) in [5.41, 5.74) is 1.86. The Labute approximate surface area is 112 Å². The van der Waals surface area contributed by atoms with Gasteiger partial charge in [-0.1, -0.05) is 17.7 Å². The van der Waals surface area contributed by atoms with E-state index < -0.39 is 4.92 Å². The normalized spacial score (nSPS) is 10.8. The molecule has 0 saturated heterocycles. The van der Waals surface area contributed by atoms with Crippen molar-refractivity contribution in [2.75, 3.05) is 0 Å². The zero-order valence-electron chi connectivity index (χ0n) is 9.54. The van der Waals surface area contributed by atoms with Crippen LogP contribution in [0.25, 0.3) is 22.6 Å². The zero-order chi connectivity index (χ0) is 13.4. The molecule has 1 heterocycles. The lowest BCUT2D eigenvalue weighted by atomic mass is 10.2. The third-order valence-electron chi connectivity index (χ3n) is 2.69. The van der Waals surface area contributed by atoms with E-state index in [9.17, 15) is 10.1 Å². The highest BCUT2D eigenvalue weighted by Crippen LogP contribution is 2.29. The minimum Gasteiger partial charge on any atom is -0.436 e. The van der Waals surface area contributed by atoms with Crippen LogP contribution in [0.5, 0.6) is 0 Å². The molecule has 0 N–H and O–H groups in total. The Morgan fingerprint density at radius 2 is 1.89 bits per heavy atom. The van der Waals surface area contributed by atoms with E-state index in [-0.39, 0.29) is 5.69 Å². The molecule has 0 atom stereocenters. The molecule has 19 heavy (non-hydrogen) atoms. The lowest BCUT2D eigenvalue weighted by Gasteiger charge is -1.94. The maximum Gasteiger partial charge on any atom is 0.269 e. The maximum atomic E-state index is 10.6. The van der Waals surface area contributed by atoms with Gasteiger partial charge >= 0.3 is 0 Å². The van der Waals surface area contributed by atoms with Gasteiger partial charge in [-0.15, -0.1) is 0 Å². The Balaban J connectivity index is 2.09. The summed E-state index contributed by atoms with van der Waals surface area (Å²) < 4.78 is 5.57. The van der Waals surface area contributed by atoms with Crippen molar-refractivity contribution in [2.24, 2.45) is 0 Å². The number of nitro benzene ring substituents is 1. The smallest absolute Gasteiger partial charge is 0.269 e. The van der Waals surface area contributed by atoms with Crippen molar-refractivity contribution in [3.05, 3.63) is 57.6 Å². The zero-order valence-corrected chi connectivity index (χ0v) is 10.3. The Kier molecular flexibility index (Phi) is 2.68. The number of aromatic nitrogens is 1. The number of fused-ring (bicyclic) bond motifs is 1. The molecule has 3 rings (SSSR count).